The van der Waals surface area contributed by atoms with Crippen LogP contribution in [0.4, 0.5) is 0 Å². The number of fused-ring (bicyclic) bond motifs is 1. The van der Waals surface area contributed by atoms with Crippen molar-refractivity contribution in [3.63, 3.8) is 0 Å². The van der Waals surface area contributed by atoms with Crippen LogP contribution < -0.4 is 5.73 Å². The number of nitrogens with zero attached hydrogens (tertiary/aromatic N) is 1. The van der Waals surface area contributed by atoms with E-state index in [1.54, 1.807) is 0 Å². The molecule has 1 aliphatic rings. The molecule has 0 unspecified atom stereocenters. The van der Waals surface area contributed by atoms with E-state index >= 15 is 0 Å². The van der Waals surface area contributed by atoms with Crippen LogP contribution in [0.3, 0.4) is 0 Å². The van der Waals surface area contributed by atoms with Crippen LogP contribution in [0.5, 0.6) is 0 Å². The number of carbonyl (C=O) groups excluding carboxylic acids is 1. The van der Waals surface area contributed by atoms with Gasteiger partial charge in [0, 0.05) is 23.1 Å². The van der Waals surface area contributed by atoms with E-state index in [2.05, 4.69) is 22.0 Å². The summed E-state index contributed by atoms with van der Waals surface area (Å²) in [5.41, 5.74) is 6.48. The molecule has 0 saturated carbocycles. The highest BCUT2D eigenvalue weighted by Crippen LogP contribution is 2.23. The molecule has 2 aromatic rings. The van der Waals surface area contributed by atoms with Crippen LogP contribution in [-0.4, -0.2) is 30.4 Å². The van der Waals surface area contributed by atoms with Gasteiger partial charge in [0.05, 0.1) is 0 Å². The number of amides is 1. The molecular formula is C17H19BrN2O. The first-order valence-corrected chi connectivity index (χ1v) is 8.15. The predicted molar refractivity (Wildman–Crippen MR) is 89.3 cm³/mol. The summed E-state index contributed by atoms with van der Waals surface area (Å²) in [6.07, 6.45) is 2.03. The first kappa shape index (κ1) is 14.5. The number of piperidine rings is 1. The van der Waals surface area contributed by atoms with Crippen molar-refractivity contribution in [3.8, 4) is 0 Å². The number of hydrogen-bond donors (Lipinski definition) is 1. The molecule has 0 aromatic heterocycles. The lowest BCUT2D eigenvalue weighted by atomic mass is 9.96. The van der Waals surface area contributed by atoms with E-state index in [0.29, 0.717) is 5.92 Å². The minimum atomic E-state index is 0.135. The molecule has 0 aliphatic carbocycles. The summed E-state index contributed by atoms with van der Waals surface area (Å²) in [4.78, 5) is 14.5. The van der Waals surface area contributed by atoms with Gasteiger partial charge in [0.1, 0.15) is 0 Å². The van der Waals surface area contributed by atoms with Gasteiger partial charge < -0.3 is 10.6 Å². The number of carbonyl (C=O) groups is 1. The van der Waals surface area contributed by atoms with Crippen molar-refractivity contribution in [2.24, 2.45) is 11.7 Å². The molecule has 1 amide bonds. The zero-order valence-corrected chi connectivity index (χ0v) is 13.5. The lowest BCUT2D eigenvalue weighted by Gasteiger charge is -2.31. The maximum atomic E-state index is 12.6. The third-order valence-corrected chi connectivity index (χ3v) is 4.78. The van der Waals surface area contributed by atoms with Gasteiger partial charge in [-0.1, -0.05) is 28.1 Å². The summed E-state index contributed by atoms with van der Waals surface area (Å²) >= 11 is 3.47. The number of rotatable bonds is 2. The van der Waals surface area contributed by atoms with Crippen molar-refractivity contribution in [1.29, 1.82) is 0 Å². The Morgan fingerprint density at radius 1 is 1.14 bits per heavy atom. The van der Waals surface area contributed by atoms with Crippen LogP contribution >= 0.6 is 15.9 Å². The molecular weight excluding hydrogens is 328 g/mol. The number of halogens is 1. The van der Waals surface area contributed by atoms with E-state index in [9.17, 15) is 4.79 Å². The Kier molecular flexibility index (Phi) is 4.27. The first-order chi connectivity index (χ1) is 10.2. The monoisotopic (exact) mass is 346 g/mol. The Morgan fingerprint density at radius 3 is 2.52 bits per heavy atom. The van der Waals surface area contributed by atoms with E-state index in [1.807, 2.05) is 35.2 Å². The van der Waals surface area contributed by atoms with Crippen molar-refractivity contribution >= 4 is 32.6 Å². The molecule has 0 atom stereocenters. The predicted octanol–water partition coefficient (Wildman–Crippen LogP) is 3.41. The van der Waals surface area contributed by atoms with Crippen molar-refractivity contribution in [2.45, 2.75) is 12.8 Å². The summed E-state index contributed by atoms with van der Waals surface area (Å²) in [7, 11) is 0. The molecule has 1 fully saturated rings. The fourth-order valence-electron chi connectivity index (χ4n) is 2.90. The number of likely N-dealkylation sites (tertiary alicyclic amines) is 1. The van der Waals surface area contributed by atoms with Gasteiger partial charge in [0.2, 0.25) is 0 Å². The highest BCUT2D eigenvalue weighted by atomic mass is 79.9. The zero-order valence-electron chi connectivity index (χ0n) is 11.9. The Labute approximate surface area is 133 Å². The summed E-state index contributed by atoms with van der Waals surface area (Å²) in [5.74, 6) is 0.707. The lowest BCUT2D eigenvalue weighted by Crippen LogP contribution is -2.40. The molecule has 21 heavy (non-hydrogen) atoms. The normalized spacial score (nSPS) is 16.4. The first-order valence-electron chi connectivity index (χ1n) is 7.36. The van der Waals surface area contributed by atoms with Crippen molar-refractivity contribution in [2.75, 3.05) is 19.6 Å². The molecule has 3 rings (SSSR count). The van der Waals surface area contributed by atoms with E-state index in [0.717, 1.165) is 53.3 Å². The average Bonchev–Trinajstić information content (AvgIpc) is 2.53. The minimum absolute atomic E-state index is 0.135. The summed E-state index contributed by atoms with van der Waals surface area (Å²) in [5, 5.41) is 2.24. The van der Waals surface area contributed by atoms with Gasteiger partial charge in [-0.25, -0.2) is 0 Å². The minimum Gasteiger partial charge on any atom is -0.339 e. The quantitative estimate of drug-likeness (QED) is 0.905. The van der Waals surface area contributed by atoms with Gasteiger partial charge in [-0.2, -0.15) is 0 Å². The molecule has 2 N–H and O–H groups in total. The second-order valence-electron chi connectivity index (χ2n) is 5.68. The number of benzene rings is 2. The van der Waals surface area contributed by atoms with Crippen molar-refractivity contribution in [3.05, 3.63) is 46.4 Å². The highest BCUT2D eigenvalue weighted by molar-refractivity contribution is 9.10. The summed E-state index contributed by atoms with van der Waals surface area (Å²) in [6, 6.07) is 12.0. The highest BCUT2D eigenvalue weighted by Gasteiger charge is 2.22. The van der Waals surface area contributed by atoms with Crippen molar-refractivity contribution in [1.82, 2.24) is 4.90 Å². The van der Waals surface area contributed by atoms with Gasteiger partial charge >= 0.3 is 0 Å². The standard InChI is InChI=1S/C17H19BrN2O/c18-16-4-3-13-9-15(2-1-14(13)10-16)17(21)20-7-5-12(11-19)6-8-20/h1-4,9-10,12H,5-8,11,19H2. The van der Waals surface area contributed by atoms with Gasteiger partial charge in [-0.3, -0.25) is 4.79 Å². The number of nitrogens with two attached hydrogens (primary N) is 1. The van der Waals surface area contributed by atoms with E-state index in [-0.39, 0.29) is 5.91 Å². The molecule has 3 nitrogen and oxygen atoms in total. The van der Waals surface area contributed by atoms with Crippen LogP contribution in [0.25, 0.3) is 10.8 Å². The smallest absolute Gasteiger partial charge is 0.253 e. The van der Waals surface area contributed by atoms with E-state index < -0.39 is 0 Å². The molecule has 0 radical (unpaired) electrons. The molecule has 1 saturated heterocycles. The summed E-state index contributed by atoms with van der Waals surface area (Å²) < 4.78 is 1.05. The van der Waals surface area contributed by atoms with Gasteiger partial charge in [0.25, 0.3) is 5.91 Å². The molecule has 1 heterocycles. The zero-order chi connectivity index (χ0) is 14.8. The third kappa shape index (κ3) is 3.11. The van der Waals surface area contributed by atoms with Gasteiger partial charge in [-0.15, -0.1) is 0 Å². The van der Waals surface area contributed by atoms with Crippen LogP contribution in [0.2, 0.25) is 0 Å². The molecule has 0 bridgehead atoms. The largest absolute Gasteiger partial charge is 0.339 e. The SMILES string of the molecule is NCC1CCN(C(=O)c2ccc3cc(Br)ccc3c2)CC1. The third-order valence-electron chi connectivity index (χ3n) is 4.28. The van der Waals surface area contributed by atoms with Crippen LogP contribution in [-0.2, 0) is 0 Å². The maximum absolute atomic E-state index is 12.6. The second-order valence-corrected chi connectivity index (χ2v) is 6.59. The lowest BCUT2D eigenvalue weighted by molar-refractivity contribution is 0.0693. The fraction of sp³-hybridized carbons (Fsp3) is 0.353. The maximum Gasteiger partial charge on any atom is 0.253 e. The number of hydrogen-bond acceptors (Lipinski definition) is 2. The Morgan fingerprint density at radius 2 is 1.81 bits per heavy atom. The van der Waals surface area contributed by atoms with Crippen LogP contribution in [0, 0.1) is 5.92 Å². The van der Waals surface area contributed by atoms with E-state index in [4.69, 9.17) is 5.73 Å². The fourth-order valence-corrected chi connectivity index (χ4v) is 3.28. The molecule has 2 aromatic carbocycles. The topological polar surface area (TPSA) is 46.3 Å². The molecule has 0 spiro atoms. The van der Waals surface area contributed by atoms with E-state index in [1.165, 1.54) is 0 Å². The molecule has 1 aliphatic heterocycles. The van der Waals surface area contributed by atoms with Gasteiger partial charge in [0.15, 0.2) is 0 Å². The average molecular weight is 347 g/mol. The van der Waals surface area contributed by atoms with Gasteiger partial charge in [-0.05, 0) is 60.3 Å². The Balaban J connectivity index is 1.80. The van der Waals surface area contributed by atoms with Crippen LogP contribution in [0.15, 0.2) is 40.9 Å². The Hall–Kier alpha value is -1.39. The second kappa shape index (κ2) is 6.16. The van der Waals surface area contributed by atoms with Crippen molar-refractivity contribution < 1.29 is 4.79 Å². The summed E-state index contributed by atoms with van der Waals surface area (Å²) in [6.45, 7) is 2.37. The van der Waals surface area contributed by atoms with Crippen LogP contribution in [0.1, 0.15) is 23.2 Å². The molecule has 4 heteroatoms. The molecule has 110 valence electrons. The Bertz CT molecular complexity index is 663.